The molecule has 11 heteroatoms. The van der Waals surface area contributed by atoms with Crippen molar-refractivity contribution in [2.45, 2.75) is 20.8 Å². The Hall–Kier alpha value is -4.80. The van der Waals surface area contributed by atoms with Crippen LogP contribution in [0.3, 0.4) is 0 Å². The van der Waals surface area contributed by atoms with E-state index in [2.05, 4.69) is 15.3 Å². The van der Waals surface area contributed by atoms with E-state index in [0.717, 1.165) is 11.4 Å². The highest BCUT2D eigenvalue weighted by Gasteiger charge is 2.21. The van der Waals surface area contributed by atoms with Gasteiger partial charge in [-0.3, -0.25) is 9.59 Å². The molecule has 2 heterocycles. The molecule has 0 aliphatic carbocycles. The van der Waals surface area contributed by atoms with E-state index in [9.17, 15) is 19.5 Å². The van der Waals surface area contributed by atoms with Crippen LogP contribution in [0.15, 0.2) is 47.6 Å². The van der Waals surface area contributed by atoms with Gasteiger partial charge in [0, 0.05) is 29.4 Å². The molecule has 0 fully saturated rings. The number of aryl methyl sites for hydroxylation is 2. The first-order valence-corrected chi connectivity index (χ1v) is 10.8. The predicted octanol–water partition coefficient (Wildman–Crippen LogP) is 2.97. The number of aromatic nitrogens is 1. The minimum Gasteiger partial charge on any atom is -0.504 e. The van der Waals surface area contributed by atoms with Crippen LogP contribution in [0.1, 0.15) is 44.6 Å². The van der Waals surface area contributed by atoms with Gasteiger partial charge in [0.05, 0.1) is 17.5 Å². The second-order valence-electron chi connectivity index (χ2n) is 7.81. The molecule has 36 heavy (non-hydrogen) atoms. The summed E-state index contributed by atoms with van der Waals surface area (Å²) in [7, 11) is 0. The van der Waals surface area contributed by atoms with Gasteiger partial charge in [-0.05, 0) is 56.3 Å². The van der Waals surface area contributed by atoms with Crippen LogP contribution in [0.25, 0.3) is 5.69 Å². The zero-order valence-electron chi connectivity index (χ0n) is 19.7. The van der Waals surface area contributed by atoms with Gasteiger partial charge in [0.15, 0.2) is 11.5 Å². The van der Waals surface area contributed by atoms with Gasteiger partial charge < -0.3 is 28.6 Å². The molecule has 0 spiro atoms. The van der Waals surface area contributed by atoms with Crippen molar-refractivity contribution in [1.82, 2.24) is 9.99 Å². The van der Waals surface area contributed by atoms with E-state index in [0.29, 0.717) is 17.0 Å². The van der Waals surface area contributed by atoms with Crippen molar-refractivity contribution in [1.29, 1.82) is 0 Å². The molecule has 0 unspecified atom stereocenters. The second-order valence-corrected chi connectivity index (χ2v) is 7.81. The van der Waals surface area contributed by atoms with E-state index in [4.69, 9.17) is 14.2 Å². The zero-order chi connectivity index (χ0) is 25.8. The fourth-order valence-corrected chi connectivity index (χ4v) is 3.62. The van der Waals surface area contributed by atoms with Crippen LogP contribution in [0, 0.1) is 13.8 Å². The first-order valence-electron chi connectivity index (χ1n) is 10.8. The second kappa shape index (κ2) is 10.2. The van der Waals surface area contributed by atoms with E-state index in [1.165, 1.54) is 31.3 Å². The summed E-state index contributed by atoms with van der Waals surface area (Å²) in [5.41, 5.74) is 5.20. The maximum absolute atomic E-state index is 12.8. The van der Waals surface area contributed by atoms with Gasteiger partial charge in [-0.15, -0.1) is 0 Å². The summed E-state index contributed by atoms with van der Waals surface area (Å²) in [6, 6.07) is 11.4. The summed E-state index contributed by atoms with van der Waals surface area (Å²) < 4.78 is 22.0. The number of aromatic hydroxyl groups is 1. The number of phenols is 1. The number of benzene rings is 2. The molecule has 0 saturated carbocycles. The fraction of sp³-hybridized carbons (Fsp3) is 0.200. The smallest absolute Gasteiger partial charge is 0.343 e. The van der Waals surface area contributed by atoms with Gasteiger partial charge in [0.1, 0.15) is 0 Å². The average molecular weight is 493 g/mol. The maximum atomic E-state index is 12.8. The lowest BCUT2D eigenvalue weighted by Crippen LogP contribution is -2.20. The highest BCUT2D eigenvalue weighted by molar-refractivity contribution is 5.99. The van der Waals surface area contributed by atoms with Gasteiger partial charge in [-0.1, -0.05) is 0 Å². The third-order valence-corrected chi connectivity index (χ3v) is 5.36. The van der Waals surface area contributed by atoms with E-state index in [-0.39, 0.29) is 29.4 Å². The third kappa shape index (κ3) is 4.99. The molecule has 2 aromatic carbocycles. The number of amides is 1. The van der Waals surface area contributed by atoms with E-state index >= 15 is 0 Å². The minimum absolute atomic E-state index is 0.0101. The van der Waals surface area contributed by atoms with Crippen molar-refractivity contribution in [3.8, 4) is 22.9 Å². The normalized spacial score (nSPS) is 12.0. The molecule has 1 amide bonds. The quantitative estimate of drug-likeness (QED) is 0.222. The number of carbonyl (C=O) groups is 3. The summed E-state index contributed by atoms with van der Waals surface area (Å²) in [6.45, 7) is 4.40. The fourth-order valence-electron chi connectivity index (χ4n) is 3.62. The zero-order valence-corrected chi connectivity index (χ0v) is 19.7. The molecule has 4 rings (SSSR count). The van der Waals surface area contributed by atoms with Gasteiger partial charge in [0.2, 0.25) is 19.3 Å². The Balaban J connectivity index is 1.57. The third-order valence-electron chi connectivity index (χ3n) is 5.36. The summed E-state index contributed by atoms with van der Waals surface area (Å²) in [5, 5.41) is 14.2. The molecule has 1 aromatic heterocycles. The molecule has 0 saturated heterocycles. The molecule has 0 radical (unpaired) electrons. The molecular formula is C25H23N3O8. The topological polar surface area (TPSA) is 138 Å². The van der Waals surface area contributed by atoms with Crippen molar-refractivity contribution < 1.29 is 38.4 Å². The largest absolute Gasteiger partial charge is 0.504 e. The molecule has 1 aliphatic rings. The Morgan fingerprint density at radius 1 is 1.08 bits per heavy atom. The van der Waals surface area contributed by atoms with Crippen LogP contribution in [0.5, 0.6) is 17.2 Å². The Labute approximate surface area is 205 Å². The highest BCUT2D eigenvalue weighted by atomic mass is 16.7. The lowest BCUT2D eigenvalue weighted by atomic mass is 10.1. The monoisotopic (exact) mass is 493 g/mol. The number of nitrogens with zero attached hydrogens (tertiary/aromatic N) is 2. The van der Waals surface area contributed by atoms with E-state index in [1.807, 2.05) is 26.0 Å². The molecule has 11 nitrogen and oxygen atoms in total. The maximum Gasteiger partial charge on any atom is 0.343 e. The molecule has 0 bridgehead atoms. The molecule has 2 N–H and O–H groups in total. The SMILES string of the molecule is CC(=O)OCOC(=O)c1ccc(C(=O)NN=Cc2ccc3c(c2O)OCO3)cc1-n1c(C)ccc1C. The van der Waals surface area contributed by atoms with Gasteiger partial charge in [0.25, 0.3) is 5.91 Å². The lowest BCUT2D eigenvalue weighted by molar-refractivity contribution is -0.149. The van der Waals surface area contributed by atoms with Crippen molar-refractivity contribution in [2.75, 3.05) is 13.6 Å². The Morgan fingerprint density at radius 2 is 1.83 bits per heavy atom. The van der Waals surface area contributed by atoms with Crippen LogP contribution in [-0.2, 0) is 14.3 Å². The highest BCUT2D eigenvalue weighted by Crippen LogP contribution is 2.41. The number of hydrogen-bond donors (Lipinski definition) is 2. The van der Waals surface area contributed by atoms with Crippen LogP contribution in [-0.4, -0.2) is 47.3 Å². The molecule has 1 aliphatic heterocycles. The molecular weight excluding hydrogens is 470 g/mol. The predicted molar refractivity (Wildman–Crippen MR) is 127 cm³/mol. The first-order chi connectivity index (χ1) is 17.3. The number of ether oxygens (including phenoxy) is 4. The van der Waals surface area contributed by atoms with Gasteiger partial charge >= 0.3 is 11.9 Å². The van der Waals surface area contributed by atoms with Crippen molar-refractivity contribution >= 4 is 24.1 Å². The van der Waals surface area contributed by atoms with E-state index in [1.54, 1.807) is 16.7 Å². The van der Waals surface area contributed by atoms with Crippen molar-refractivity contribution in [3.05, 3.63) is 70.5 Å². The number of hydrogen-bond acceptors (Lipinski definition) is 9. The van der Waals surface area contributed by atoms with E-state index < -0.39 is 24.6 Å². The number of fused-ring (bicyclic) bond motifs is 1. The Morgan fingerprint density at radius 3 is 2.56 bits per heavy atom. The van der Waals surface area contributed by atoms with Gasteiger partial charge in [-0.2, -0.15) is 5.10 Å². The molecule has 186 valence electrons. The molecule has 3 aromatic rings. The Kier molecular flexibility index (Phi) is 6.91. The number of rotatable bonds is 7. The summed E-state index contributed by atoms with van der Waals surface area (Å²) in [5.74, 6) is -1.37. The number of carbonyl (C=O) groups excluding carboxylic acids is 3. The minimum atomic E-state index is -0.720. The Bertz CT molecular complexity index is 1360. The number of nitrogens with one attached hydrogen (secondary N) is 1. The average Bonchev–Trinajstić information content (AvgIpc) is 3.46. The standard InChI is InChI=1S/C25H23N3O8/c1-14-4-5-15(2)28(14)20-10-17(6-8-19(20)25(32)36-12-33-16(3)29)24(31)27-26-11-18-7-9-21-23(22(18)30)35-13-34-21/h4-11,30H,12-13H2,1-3H3,(H,27,31). The van der Waals surface area contributed by atoms with Crippen LogP contribution >= 0.6 is 0 Å². The number of esters is 2. The summed E-state index contributed by atoms with van der Waals surface area (Å²) >= 11 is 0. The van der Waals surface area contributed by atoms with Crippen molar-refractivity contribution in [2.24, 2.45) is 5.10 Å². The number of hydrazone groups is 1. The summed E-state index contributed by atoms with van der Waals surface area (Å²) in [6.07, 6.45) is 1.27. The first kappa shape index (κ1) is 24.3. The van der Waals surface area contributed by atoms with Gasteiger partial charge in [-0.25, -0.2) is 10.2 Å². The molecule has 0 atom stereocenters. The van der Waals surface area contributed by atoms with Crippen LogP contribution in [0.4, 0.5) is 0 Å². The van der Waals surface area contributed by atoms with Crippen LogP contribution < -0.4 is 14.9 Å². The van der Waals surface area contributed by atoms with Crippen molar-refractivity contribution in [3.63, 3.8) is 0 Å². The lowest BCUT2D eigenvalue weighted by Gasteiger charge is -2.15. The number of phenolic OH excluding ortho intramolecular Hbond substituents is 1. The van der Waals surface area contributed by atoms with Crippen LogP contribution in [0.2, 0.25) is 0 Å². The summed E-state index contributed by atoms with van der Waals surface area (Å²) in [4.78, 5) is 36.5.